The van der Waals surface area contributed by atoms with Crippen LogP contribution in [0.2, 0.25) is 0 Å². The van der Waals surface area contributed by atoms with Gasteiger partial charge in [-0.15, -0.1) is 0 Å². The van der Waals surface area contributed by atoms with Crippen molar-refractivity contribution in [1.82, 2.24) is 5.32 Å². The van der Waals surface area contributed by atoms with E-state index in [0.717, 1.165) is 30.8 Å². The van der Waals surface area contributed by atoms with Crippen LogP contribution in [0, 0.1) is 5.82 Å². The lowest BCUT2D eigenvalue weighted by Crippen LogP contribution is -2.15. The molecule has 3 rings (SSSR count). The molecule has 0 unspecified atom stereocenters. The molecule has 1 N–H and O–H groups in total. The lowest BCUT2D eigenvalue weighted by atomic mass is 9.97. The minimum atomic E-state index is -0.221. The van der Waals surface area contributed by atoms with E-state index in [4.69, 9.17) is 4.74 Å². The van der Waals surface area contributed by atoms with Crippen LogP contribution in [-0.2, 0) is 13.2 Å². The normalized spacial score (nSPS) is 14.2. The van der Waals surface area contributed by atoms with E-state index in [1.165, 1.54) is 43.4 Å². The second-order valence-electron chi connectivity index (χ2n) is 6.60. The van der Waals surface area contributed by atoms with E-state index in [0.29, 0.717) is 6.61 Å². The molecular weight excluding hydrogens is 313 g/mol. The van der Waals surface area contributed by atoms with Gasteiger partial charge in [0.1, 0.15) is 18.2 Å². The molecule has 0 saturated carbocycles. The number of halogens is 1. The molecule has 2 nitrogen and oxygen atoms in total. The van der Waals surface area contributed by atoms with Crippen LogP contribution >= 0.6 is 0 Å². The molecule has 3 heteroatoms. The first kappa shape index (κ1) is 17.7. The van der Waals surface area contributed by atoms with Crippen molar-refractivity contribution in [3.8, 4) is 5.75 Å². The third kappa shape index (κ3) is 6.02. The summed E-state index contributed by atoms with van der Waals surface area (Å²) >= 11 is 0. The predicted octanol–water partition coefficient (Wildman–Crippen LogP) is 5.38. The monoisotopic (exact) mass is 339 g/mol. The molecule has 0 atom stereocenters. The van der Waals surface area contributed by atoms with E-state index in [9.17, 15) is 4.39 Å². The molecule has 0 fully saturated rings. The maximum atomic E-state index is 12.9. The maximum absolute atomic E-state index is 12.9. The van der Waals surface area contributed by atoms with E-state index in [2.05, 4.69) is 23.5 Å². The maximum Gasteiger partial charge on any atom is 0.123 e. The molecule has 25 heavy (non-hydrogen) atoms. The van der Waals surface area contributed by atoms with E-state index < -0.39 is 0 Å². The minimum Gasteiger partial charge on any atom is -0.489 e. The fraction of sp³-hybridized carbons (Fsp3) is 0.364. The highest BCUT2D eigenvalue weighted by atomic mass is 19.1. The molecule has 0 radical (unpaired) electrons. The lowest BCUT2D eigenvalue weighted by molar-refractivity contribution is 0.305. The van der Waals surface area contributed by atoms with Crippen molar-refractivity contribution in [3.05, 3.63) is 77.1 Å². The zero-order valence-corrected chi connectivity index (χ0v) is 14.6. The lowest BCUT2D eigenvalue weighted by Gasteiger charge is -2.13. The van der Waals surface area contributed by atoms with Crippen LogP contribution in [0.15, 0.2) is 60.2 Å². The van der Waals surface area contributed by atoms with Crippen molar-refractivity contribution >= 4 is 0 Å². The van der Waals surface area contributed by atoms with Crippen molar-refractivity contribution in [1.29, 1.82) is 0 Å². The third-order valence-corrected chi connectivity index (χ3v) is 4.55. The van der Waals surface area contributed by atoms with Gasteiger partial charge in [0.25, 0.3) is 0 Å². The molecule has 0 saturated heterocycles. The highest BCUT2D eigenvalue weighted by Gasteiger charge is 2.03. The van der Waals surface area contributed by atoms with Gasteiger partial charge in [-0.05, 0) is 74.0 Å². The number of hydrogen-bond acceptors (Lipinski definition) is 2. The second-order valence-corrected chi connectivity index (χ2v) is 6.60. The van der Waals surface area contributed by atoms with Crippen LogP contribution in [-0.4, -0.2) is 6.54 Å². The number of nitrogens with one attached hydrogen (secondary N) is 1. The van der Waals surface area contributed by atoms with E-state index in [1.807, 2.05) is 12.1 Å². The van der Waals surface area contributed by atoms with Gasteiger partial charge in [-0.25, -0.2) is 4.39 Å². The molecule has 0 aliphatic heterocycles. The Kier molecular flexibility index (Phi) is 6.63. The zero-order valence-electron chi connectivity index (χ0n) is 14.6. The van der Waals surface area contributed by atoms with E-state index in [-0.39, 0.29) is 5.82 Å². The first-order valence-corrected chi connectivity index (χ1v) is 9.14. The summed E-state index contributed by atoms with van der Waals surface area (Å²) in [6, 6.07) is 14.6. The molecule has 2 aromatic carbocycles. The smallest absolute Gasteiger partial charge is 0.123 e. The standard InChI is InChI=1S/C22H26FNO/c23-21-11-9-19(10-12-21)17-25-22-8-4-7-20(15-22)16-24-14-13-18-5-2-1-3-6-18/h4-5,7-12,15,24H,1-3,6,13-14,16-17H2. The van der Waals surface area contributed by atoms with Gasteiger partial charge in [0, 0.05) is 6.54 Å². The molecule has 2 aromatic rings. The number of allylic oxidation sites excluding steroid dienone is 1. The molecule has 1 aliphatic rings. The van der Waals surface area contributed by atoms with Crippen molar-refractivity contribution in [2.75, 3.05) is 6.54 Å². The van der Waals surface area contributed by atoms with Gasteiger partial charge < -0.3 is 10.1 Å². The Balaban J connectivity index is 1.42. The molecule has 0 spiro atoms. The molecule has 0 amide bonds. The Morgan fingerprint density at radius 1 is 1.00 bits per heavy atom. The number of rotatable bonds is 8. The van der Waals surface area contributed by atoms with Crippen LogP contribution in [0.5, 0.6) is 5.75 Å². The molecule has 0 bridgehead atoms. The molecular formula is C22H26FNO. The summed E-state index contributed by atoms with van der Waals surface area (Å²) < 4.78 is 18.7. The van der Waals surface area contributed by atoms with Gasteiger partial charge in [0.05, 0.1) is 0 Å². The Morgan fingerprint density at radius 3 is 2.68 bits per heavy atom. The first-order valence-electron chi connectivity index (χ1n) is 9.14. The summed E-state index contributed by atoms with van der Waals surface area (Å²) in [7, 11) is 0. The van der Waals surface area contributed by atoms with Gasteiger partial charge in [0.2, 0.25) is 0 Å². The molecule has 1 aliphatic carbocycles. The summed E-state index contributed by atoms with van der Waals surface area (Å²) in [5, 5.41) is 3.52. The highest BCUT2D eigenvalue weighted by molar-refractivity contribution is 5.29. The Morgan fingerprint density at radius 2 is 1.88 bits per heavy atom. The van der Waals surface area contributed by atoms with Crippen molar-refractivity contribution < 1.29 is 9.13 Å². The summed E-state index contributed by atoms with van der Waals surface area (Å²) in [4.78, 5) is 0. The molecule has 0 aromatic heterocycles. The van der Waals surface area contributed by atoms with Crippen LogP contribution in [0.1, 0.15) is 43.2 Å². The van der Waals surface area contributed by atoms with Crippen molar-refractivity contribution in [2.45, 2.75) is 45.3 Å². The van der Waals surface area contributed by atoms with Gasteiger partial charge in [0.15, 0.2) is 0 Å². The molecule has 0 heterocycles. The van der Waals surface area contributed by atoms with Gasteiger partial charge in [-0.1, -0.05) is 35.9 Å². The third-order valence-electron chi connectivity index (χ3n) is 4.55. The zero-order chi connectivity index (χ0) is 17.3. The molecule has 132 valence electrons. The Labute approximate surface area is 149 Å². The fourth-order valence-corrected chi connectivity index (χ4v) is 3.11. The predicted molar refractivity (Wildman–Crippen MR) is 100 cm³/mol. The number of benzene rings is 2. The minimum absolute atomic E-state index is 0.221. The quantitative estimate of drug-likeness (QED) is 0.514. The summed E-state index contributed by atoms with van der Waals surface area (Å²) in [6.45, 7) is 2.32. The van der Waals surface area contributed by atoms with Gasteiger partial charge in [-0.3, -0.25) is 0 Å². The van der Waals surface area contributed by atoms with E-state index >= 15 is 0 Å². The van der Waals surface area contributed by atoms with Crippen LogP contribution < -0.4 is 10.1 Å². The topological polar surface area (TPSA) is 21.3 Å². The van der Waals surface area contributed by atoms with Crippen LogP contribution in [0.4, 0.5) is 4.39 Å². The first-order chi connectivity index (χ1) is 12.3. The highest BCUT2D eigenvalue weighted by Crippen LogP contribution is 2.19. The van der Waals surface area contributed by atoms with Crippen LogP contribution in [0.3, 0.4) is 0 Å². The SMILES string of the molecule is Fc1ccc(COc2cccc(CNCCC3=CCCCC3)c2)cc1. The summed E-state index contributed by atoms with van der Waals surface area (Å²) in [6.07, 6.45) is 8.79. The van der Waals surface area contributed by atoms with E-state index in [1.54, 1.807) is 17.7 Å². The largest absolute Gasteiger partial charge is 0.489 e. The van der Waals surface area contributed by atoms with Crippen molar-refractivity contribution in [3.63, 3.8) is 0 Å². The van der Waals surface area contributed by atoms with Crippen molar-refractivity contribution in [2.24, 2.45) is 0 Å². The van der Waals surface area contributed by atoms with Crippen LogP contribution in [0.25, 0.3) is 0 Å². The average molecular weight is 339 g/mol. The summed E-state index contributed by atoms with van der Waals surface area (Å²) in [5.74, 6) is 0.624. The number of ether oxygens (including phenoxy) is 1. The fourth-order valence-electron chi connectivity index (χ4n) is 3.11. The van der Waals surface area contributed by atoms with Gasteiger partial charge >= 0.3 is 0 Å². The second kappa shape index (κ2) is 9.38. The number of hydrogen-bond donors (Lipinski definition) is 1. The Bertz CT molecular complexity index is 693. The van der Waals surface area contributed by atoms with Gasteiger partial charge in [-0.2, -0.15) is 0 Å². The summed E-state index contributed by atoms with van der Waals surface area (Å²) in [5.41, 5.74) is 3.79. The average Bonchev–Trinajstić information content (AvgIpc) is 2.66. The Hall–Kier alpha value is -2.13.